The number of likely N-dealkylation sites (N-methyl/N-ethyl adjacent to an activating group) is 1. The average Bonchev–Trinajstić information content (AvgIpc) is 3.29. The Morgan fingerprint density at radius 2 is 2.14 bits per heavy atom. The van der Waals surface area contributed by atoms with E-state index in [-0.39, 0.29) is 18.3 Å². The average molecular weight is 349 g/mol. The fourth-order valence-electron chi connectivity index (χ4n) is 1.95. The molecule has 2 rings (SSSR count). The van der Waals surface area contributed by atoms with Gasteiger partial charge in [-0.3, -0.25) is 4.79 Å². The Hall–Kier alpha value is -1.17. The summed E-state index contributed by atoms with van der Waals surface area (Å²) >= 11 is 5.98. The zero-order valence-corrected chi connectivity index (χ0v) is 14.4. The summed E-state index contributed by atoms with van der Waals surface area (Å²) in [4.78, 5) is 14.0. The first-order valence-corrected chi connectivity index (χ1v) is 7.37. The third-order valence-electron chi connectivity index (χ3n) is 3.52. The van der Waals surface area contributed by atoms with Crippen molar-refractivity contribution in [3.8, 4) is 5.75 Å². The molecule has 0 saturated heterocycles. The van der Waals surface area contributed by atoms with E-state index in [4.69, 9.17) is 26.8 Å². The molecule has 1 aliphatic rings. The molecule has 0 unspecified atom stereocenters. The number of nitrogen functional groups attached to an aromatic ring is 1. The second kappa shape index (κ2) is 8.46. The van der Waals surface area contributed by atoms with Crippen LogP contribution in [0.4, 0.5) is 5.69 Å². The third kappa shape index (κ3) is 4.93. The topological polar surface area (TPSA) is 64.8 Å². The largest absolute Gasteiger partial charge is 0.496 e. The predicted octanol–water partition coefficient (Wildman–Crippen LogP) is 2.85. The van der Waals surface area contributed by atoms with E-state index in [1.165, 1.54) is 20.0 Å². The number of anilines is 1. The maximum atomic E-state index is 12.4. The van der Waals surface area contributed by atoms with Crippen LogP contribution in [0.5, 0.6) is 5.75 Å². The van der Waals surface area contributed by atoms with E-state index in [1.54, 1.807) is 24.1 Å². The van der Waals surface area contributed by atoms with Crippen LogP contribution in [0, 0.1) is 5.92 Å². The molecule has 0 aromatic heterocycles. The lowest BCUT2D eigenvalue weighted by Crippen LogP contribution is -2.30. The highest BCUT2D eigenvalue weighted by atomic mass is 35.5. The molecule has 0 radical (unpaired) electrons. The van der Waals surface area contributed by atoms with Gasteiger partial charge in [-0.05, 0) is 24.8 Å². The lowest BCUT2D eigenvalue weighted by molar-refractivity contribution is 0.0678. The summed E-state index contributed by atoms with van der Waals surface area (Å²) < 4.78 is 10.7. The predicted molar refractivity (Wildman–Crippen MR) is 90.2 cm³/mol. The number of nitrogens with two attached hydrogens (primary N) is 1. The van der Waals surface area contributed by atoms with Crippen LogP contribution in [0.25, 0.3) is 0 Å². The number of hydrogen-bond acceptors (Lipinski definition) is 4. The van der Waals surface area contributed by atoms with Gasteiger partial charge >= 0.3 is 0 Å². The first-order valence-electron chi connectivity index (χ1n) is 6.99. The van der Waals surface area contributed by atoms with E-state index >= 15 is 0 Å². The normalized spacial score (nSPS) is 13.4. The van der Waals surface area contributed by atoms with Gasteiger partial charge in [-0.15, -0.1) is 12.4 Å². The van der Waals surface area contributed by atoms with E-state index < -0.39 is 0 Å². The monoisotopic (exact) mass is 348 g/mol. The van der Waals surface area contributed by atoms with Gasteiger partial charge < -0.3 is 20.1 Å². The number of ether oxygens (including phenoxy) is 2. The van der Waals surface area contributed by atoms with E-state index in [0.717, 1.165) is 12.5 Å². The molecule has 1 aromatic carbocycles. The second-order valence-electron chi connectivity index (χ2n) is 5.32. The van der Waals surface area contributed by atoms with Crippen LogP contribution in [-0.2, 0) is 4.74 Å². The lowest BCUT2D eigenvalue weighted by atomic mass is 10.1. The van der Waals surface area contributed by atoms with Crippen LogP contribution >= 0.6 is 24.0 Å². The Bertz CT molecular complexity index is 522. The van der Waals surface area contributed by atoms with Gasteiger partial charge in [-0.2, -0.15) is 0 Å². The van der Waals surface area contributed by atoms with Crippen LogP contribution in [-0.4, -0.2) is 44.7 Å². The molecule has 2 N–H and O–H groups in total. The summed E-state index contributed by atoms with van der Waals surface area (Å²) in [5, 5.41) is 0.345. The van der Waals surface area contributed by atoms with Gasteiger partial charge in [0.2, 0.25) is 0 Å². The standard InChI is InChI=1S/C15H21ClN2O3.ClH/c1-18(5-6-21-9-10-3-4-10)15(19)11-7-12(16)13(17)8-14(11)20-2;/h7-8,10H,3-6,9,17H2,1-2H3;1H. The van der Waals surface area contributed by atoms with Crippen LogP contribution in [0.1, 0.15) is 23.2 Å². The second-order valence-corrected chi connectivity index (χ2v) is 5.73. The van der Waals surface area contributed by atoms with Gasteiger partial charge in [0.25, 0.3) is 5.91 Å². The summed E-state index contributed by atoms with van der Waals surface area (Å²) in [5.41, 5.74) is 6.51. The fourth-order valence-corrected chi connectivity index (χ4v) is 2.11. The number of carbonyl (C=O) groups is 1. The van der Waals surface area contributed by atoms with Gasteiger partial charge in [0.15, 0.2) is 0 Å². The Morgan fingerprint density at radius 3 is 2.73 bits per heavy atom. The van der Waals surface area contributed by atoms with Crippen molar-refractivity contribution in [2.75, 3.05) is 39.6 Å². The molecule has 0 spiro atoms. The Balaban J connectivity index is 0.00000242. The minimum atomic E-state index is -0.163. The quantitative estimate of drug-likeness (QED) is 0.607. The number of amides is 1. The van der Waals surface area contributed by atoms with E-state index in [1.807, 2.05) is 0 Å². The molecule has 7 heteroatoms. The number of nitrogens with zero attached hydrogens (tertiary/aromatic N) is 1. The van der Waals surface area contributed by atoms with Crippen LogP contribution in [0.15, 0.2) is 12.1 Å². The van der Waals surface area contributed by atoms with Crippen molar-refractivity contribution >= 4 is 35.6 Å². The zero-order chi connectivity index (χ0) is 15.4. The molecule has 1 aromatic rings. The minimum absolute atomic E-state index is 0. The highest BCUT2D eigenvalue weighted by Crippen LogP contribution is 2.30. The molecule has 22 heavy (non-hydrogen) atoms. The summed E-state index contributed by atoms with van der Waals surface area (Å²) in [5.74, 6) is 0.985. The van der Waals surface area contributed by atoms with Gasteiger partial charge in [0.05, 0.1) is 30.0 Å². The van der Waals surface area contributed by atoms with Crippen molar-refractivity contribution in [3.05, 3.63) is 22.7 Å². The van der Waals surface area contributed by atoms with E-state index in [0.29, 0.717) is 35.2 Å². The van der Waals surface area contributed by atoms with Crippen LogP contribution in [0.2, 0.25) is 5.02 Å². The number of benzene rings is 1. The third-order valence-corrected chi connectivity index (χ3v) is 3.84. The summed E-state index contributed by atoms with van der Waals surface area (Å²) in [7, 11) is 3.23. The SMILES string of the molecule is COc1cc(N)c(Cl)cc1C(=O)N(C)CCOCC1CC1.Cl. The molecule has 124 valence electrons. The number of hydrogen-bond donors (Lipinski definition) is 1. The van der Waals surface area contributed by atoms with Crippen molar-refractivity contribution in [1.29, 1.82) is 0 Å². The van der Waals surface area contributed by atoms with Crippen LogP contribution in [0.3, 0.4) is 0 Å². The minimum Gasteiger partial charge on any atom is -0.496 e. The van der Waals surface area contributed by atoms with Crippen LogP contribution < -0.4 is 10.5 Å². The molecular formula is C15H22Cl2N2O3. The Kier molecular flexibility index (Phi) is 7.26. The Labute approximate surface area is 142 Å². The smallest absolute Gasteiger partial charge is 0.257 e. The van der Waals surface area contributed by atoms with Crippen molar-refractivity contribution in [2.45, 2.75) is 12.8 Å². The number of halogens is 2. The van der Waals surface area contributed by atoms with Crippen molar-refractivity contribution in [2.24, 2.45) is 5.92 Å². The molecule has 1 fully saturated rings. The molecule has 0 aliphatic heterocycles. The number of rotatable bonds is 7. The number of methoxy groups -OCH3 is 1. The number of carbonyl (C=O) groups excluding carboxylic acids is 1. The first-order chi connectivity index (χ1) is 10.0. The lowest BCUT2D eigenvalue weighted by Gasteiger charge is -2.19. The first kappa shape index (κ1) is 18.9. The molecule has 1 aliphatic carbocycles. The maximum absolute atomic E-state index is 12.4. The molecule has 0 bridgehead atoms. The van der Waals surface area contributed by atoms with Gasteiger partial charge in [-0.25, -0.2) is 0 Å². The zero-order valence-electron chi connectivity index (χ0n) is 12.8. The van der Waals surface area contributed by atoms with E-state index in [2.05, 4.69) is 0 Å². The summed E-state index contributed by atoms with van der Waals surface area (Å²) in [6.07, 6.45) is 2.52. The van der Waals surface area contributed by atoms with Gasteiger partial charge in [0, 0.05) is 26.3 Å². The Morgan fingerprint density at radius 1 is 1.45 bits per heavy atom. The molecule has 5 nitrogen and oxygen atoms in total. The van der Waals surface area contributed by atoms with Gasteiger partial charge in [-0.1, -0.05) is 11.6 Å². The van der Waals surface area contributed by atoms with Crippen molar-refractivity contribution in [1.82, 2.24) is 4.90 Å². The van der Waals surface area contributed by atoms with Crippen molar-refractivity contribution < 1.29 is 14.3 Å². The van der Waals surface area contributed by atoms with Gasteiger partial charge in [0.1, 0.15) is 5.75 Å². The molecular weight excluding hydrogens is 327 g/mol. The fraction of sp³-hybridized carbons (Fsp3) is 0.533. The molecule has 0 atom stereocenters. The van der Waals surface area contributed by atoms with E-state index in [9.17, 15) is 4.79 Å². The van der Waals surface area contributed by atoms with Crippen molar-refractivity contribution in [3.63, 3.8) is 0 Å². The summed E-state index contributed by atoms with van der Waals surface area (Å²) in [6.45, 7) is 1.85. The molecule has 1 amide bonds. The maximum Gasteiger partial charge on any atom is 0.257 e. The highest BCUT2D eigenvalue weighted by Gasteiger charge is 2.22. The highest BCUT2D eigenvalue weighted by molar-refractivity contribution is 6.33. The summed E-state index contributed by atoms with van der Waals surface area (Å²) in [6, 6.07) is 3.10. The molecule has 0 heterocycles. The molecule has 1 saturated carbocycles.